The van der Waals surface area contributed by atoms with Crippen molar-refractivity contribution in [2.45, 2.75) is 19.0 Å². The third-order valence-electron chi connectivity index (χ3n) is 3.39. The van der Waals surface area contributed by atoms with Gasteiger partial charge in [0.15, 0.2) is 0 Å². The summed E-state index contributed by atoms with van der Waals surface area (Å²) in [6.45, 7) is 1.88. The summed E-state index contributed by atoms with van der Waals surface area (Å²) in [5.41, 5.74) is 0.986. The van der Waals surface area contributed by atoms with Gasteiger partial charge in [-0.2, -0.15) is 12.7 Å². The summed E-state index contributed by atoms with van der Waals surface area (Å²) in [6, 6.07) is 17.9. The Hall–Kier alpha value is -1.85. The van der Waals surface area contributed by atoms with Crippen LogP contribution in [0.3, 0.4) is 0 Å². The van der Waals surface area contributed by atoms with E-state index in [0.717, 1.165) is 5.56 Å². The predicted molar refractivity (Wildman–Crippen MR) is 76.5 cm³/mol. The Kier molecular flexibility index (Phi) is 3.23. The lowest BCUT2D eigenvalue weighted by Gasteiger charge is -2.08. The van der Waals surface area contributed by atoms with Crippen molar-refractivity contribution in [2.75, 3.05) is 0 Å². The highest BCUT2D eigenvalue weighted by Gasteiger charge is 2.54. The fraction of sp³-hybridized carbons (Fsp3) is 0.200. The number of benzene rings is 2. The molecule has 20 heavy (non-hydrogen) atoms. The van der Waals surface area contributed by atoms with Crippen molar-refractivity contribution < 1.29 is 12.6 Å². The first-order valence-electron chi connectivity index (χ1n) is 6.42. The molecule has 1 heterocycles. The van der Waals surface area contributed by atoms with Crippen LogP contribution in [0.5, 0.6) is 5.75 Å². The van der Waals surface area contributed by atoms with Crippen LogP contribution in [-0.2, 0) is 10.3 Å². The molecule has 104 valence electrons. The van der Waals surface area contributed by atoms with E-state index in [4.69, 9.17) is 4.18 Å². The second-order valence-corrected chi connectivity index (χ2v) is 6.22. The fourth-order valence-electron chi connectivity index (χ4n) is 2.38. The van der Waals surface area contributed by atoms with Gasteiger partial charge < -0.3 is 4.18 Å². The molecule has 2 aromatic carbocycles. The monoisotopic (exact) mass is 289 g/mol. The topological polar surface area (TPSA) is 46.4 Å². The molecule has 1 fully saturated rings. The summed E-state index contributed by atoms with van der Waals surface area (Å²) >= 11 is 0. The molecule has 1 saturated heterocycles. The normalized spacial score (nSPS) is 25.1. The first-order chi connectivity index (χ1) is 9.59. The summed E-state index contributed by atoms with van der Waals surface area (Å²) < 4.78 is 31.1. The van der Waals surface area contributed by atoms with Crippen LogP contribution in [0.4, 0.5) is 0 Å². The molecule has 0 N–H and O–H groups in total. The summed E-state index contributed by atoms with van der Waals surface area (Å²) in [6.07, 6.45) is 0. The highest BCUT2D eigenvalue weighted by Crippen LogP contribution is 2.45. The van der Waals surface area contributed by atoms with Crippen molar-refractivity contribution in [2.24, 2.45) is 0 Å². The molecule has 4 nitrogen and oxygen atoms in total. The van der Waals surface area contributed by atoms with E-state index in [0.29, 0.717) is 5.75 Å². The van der Waals surface area contributed by atoms with E-state index in [1.807, 2.05) is 43.3 Å². The maximum Gasteiger partial charge on any atom is 0.386 e. The summed E-state index contributed by atoms with van der Waals surface area (Å²) in [4.78, 5) is 0. The average Bonchev–Trinajstić information content (AvgIpc) is 3.13. The highest BCUT2D eigenvalue weighted by molar-refractivity contribution is 7.85. The van der Waals surface area contributed by atoms with Crippen LogP contribution in [0.25, 0.3) is 0 Å². The van der Waals surface area contributed by atoms with Gasteiger partial charge in [-0.25, -0.2) is 0 Å². The van der Waals surface area contributed by atoms with Gasteiger partial charge in [-0.05, 0) is 24.6 Å². The molecule has 0 bridgehead atoms. The minimum atomic E-state index is -3.75. The Labute approximate surface area is 118 Å². The van der Waals surface area contributed by atoms with E-state index < -0.39 is 10.3 Å². The van der Waals surface area contributed by atoms with Crippen LogP contribution in [0.2, 0.25) is 0 Å². The molecule has 0 aliphatic carbocycles. The molecule has 3 rings (SSSR count). The minimum absolute atomic E-state index is 0.0777. The SMILES string of the molecule is C[C@@H]1[C@@H](c2ccccc2)N1S(=O)(=O)Oc1ccccc1. The molecule has 0 spiro atoms. The lowest BCUT2D eigenvalue weighted by molar-refractivity contribution is 0.441. The smallest absolute Gasteiger partial charge is 0.371 e. The minimum Gasteiger partial charge on any atom is -0.371 e. The van der Waals surface area contributed by atoms with Crippen LogP contribution in [0.1, 0.15) is 18.5 Å². The number of nitrogens with zero attached hydrogens (tertiary/aromatic N) is 1. The van der Waals surface area contributed by atoms with E-state index in [2.05, 4.69) is 0 Å². The van der Waals surface area contributed by atoms with Gasteiger partial charge in [-0.3, -0.25) is 0 Å². The molecule has 0 saturated carbocycles. The molecule has 0 aromatic heterocycles. The Bertz CT molecular complexity index is 686. The standard InChI is InChI=1S/C15H15NO3S/c1-12-15(13-8-4-2-5-9-13)16(12)20(17,18)19-14-10-6-3-7-11-14/h2-12,15H,1H3/t12-,15+,16?/m1/s1. The van der Waals surface area contributed by atoms with E-state index in [1.54, 1.807) is 24.3 Å². The zero-order valence-corrected chi connectivity index (χ0v) is 11.8. The van der Waals surface area contributed by atoms with Gasteiger partial charge in [0.1, 0.15) is 5.75 Å². The van der Waals surface area contributed by atoms with Crippen molar-refractivity contribution >= 4 is 10.3 Å². The zero-order chi connectivity index (χ0) is 14.2. The second-order valence-electron chi connectivity index (χ2n) is 4.78. The number of hydrogen-bond donors (Lipinski definition) is 0. The lowest BCUT2D eigenvalue weighted by Crippen LogP contribution is -2.20. The Morgan fingerprint density at radius 3 is 2.10 bits per heavy atom. The van der Waals surface area contributed by atoms with Crippen LogP contribution >= 0.6 is 0 Å². The summed E-state index contributed by atoms with van der Waals surface area (Å²) in [5.74, 6) is 0.332. The molecule has 2 aromatic rings. The van der Waals surface area contributed by atoms with E-state index in [-0.39, 0.29) is 12.1 Å². The Morgan fingerprint density at radius 2 is 1.50 bits per heavy atom. The zero-order valence-electron chi connectivity index (χ0n) is 11.0. The molecule has 1 unspecified atom stereocenters. The largest absolute Gasteiger partial charge is 0.386 e. The number of para-hydroxylation sites is 1. The number of hydrogen-bond acceptors (Lipinski definition) is 3. The van der Waals surface area contributed by atoms with Gasteiger partial charge in [0.2, 0.25) is 0 Å². The van der Waals surface area contributed by atoms with E-state index in [1.165, 1.54) is 4.31 Å². The molecular weight excluding hydrogens is 274 g/mol. The number of rotatable bonds is 4. The van der Waals surface area contributed by atoms with Crippen molar-refractivity contribution in [3.05, 3.63) is 66.2 Å². The quantitative estimate of drug-likeness (QED) is 0.813. The highest BCUT2D eigenvalue weighted by atomic mass is 32.2. The van der Waals surface area contributed by atoms with Crippen molar-refractivity contribution in [1.82, 2.24) is 4.31 Å². The fourth-order valence-corrected chi connectivity index (χ4v) is 3.87. The third-order valence-corrected chi connectivity index (χ3v) is 4.87. The summed E-state index contributed by atoms with van der Waals surface area (Å²) in [5, 5.41) is 0. The molecule has 1 aliphatic heterocycles. The van der Waals surface area contributed by atoms with Gasteiger partial charge in [0.25, 0.3) is 0 Å². The molecule has 0 radical (unpaired) electrons. The maximum atomic E-state index is 12.3. The van der Waals surface area contributed by atoms with Gasteiger partial charge in [-0.1, -0.05) is 48.5 Å². The van der Waals surface area contributed by atoms with Crippen molar-refractivity contribution in [1.29, 1.82) is 0 Å². The molecular formula is C15H15NO3S. The first kappa shape index (κ1) is 13.1. The second kappa shape index (κ2) is 4.92. The Morgan fingerprint density at radius 1 is 0.950 bits per heavy atom. The molecule has 5 heteroatoms. The van der Waals surface area contributed by atoms with Gasteiger partial charge >= 0.3 is 10.3 Å². The van der Waals surface area contributed by atoms with E-state index in [9.17, 15) is 8.42 Å². The van der Waals surface area contributed by atoms with Crippen molar-refractivity contribution in [3.8, 4) is 5.75 Å². The van der Waals surface area contributed by atoms with Gasteiger partial charge in [-0.15, -0.1) is 0 Å². The first-order valence-corrected chi connectivity index (χ1v) is 7.79. The molecule has 3 atom stereocenters. The summed E-state index contributed by atoms with van der Waals surface area (Å²) in [7, 11) is -3.75. The van der Waals surface area contributed by atoms with Crippen LogP contribution < -0.4 is 4.18 Å². The average molecular weight is 289 g/mol. The Balaban J connectivity index is 1.80. The lowest BCUT2D eigenvalue weighted by atomic mass is 10.1. The maximum absolute atomic E-state index is 12.3. The van der Waals surface area contributed by atoms with Gasteiger partial charge in [0.05, 0.1) is 6.04 Å². The van der Waals surface area contributed by atoms with Gasteiger partial charge in [0, 0.05) is 6.04 Å². The van der Waals surface area contributed by atoms with Crippen LogP contribution in [0, 0.1) is 0 Å². The molecule has 0 amide bonds. The van der Waals surface area contributed by atoms with Crippen molar-refractivity contribution in [3.63, 3.8) is 0 Å². The van der Waals surface area contributed by atoms with E-state index >= 15 is 0 Å². The van der Waals surface area contributed by atoms with Crippen LogP contribution in [0.15, 0.2) is 60.7 Å². The molecule has 1 aliphatic rings. The third kappa shape index (κ3) is 2.42. The predicted octanol–water partition coefficient (Wildman–Crippen LogP) is 2.76. The van der Waals surface area contributed by atoms with Crippen LogP contribution in [-0.4, -0.2) is 18.8 Å².